The maximum atomic E-state index is 14.0. The number of benzene rings is 1. The summed E-state index contributed by atoms with van der Waals surface area (Å²) in [5.74, 6) is -57.5. The van der Waals surface area contributed by atoms with E-state index in [1.54, 1.807) is 0 Å². The molecule has 3 nitrogen and oxygen atoms in total. The summed E-state index contributed by atoms with van der Waals surface area (Å²) in [7, 11) is 0. The molecule has 0 saturated carbocycles. The van der Waals surface area contributed by atoms with Crippen molar-refractivity contribution >= 4 is 5.69 Å². The first-order valence-electron chi connectivity index (χ1n) is 7.62. The Hall–Kier alpha value is -2.57. The van der Waals surface area contributed by atoms with Crippen molar-refractivity contribution in [3.63, 3.8) is 0 Å². The molecule has 0 spiro atoms. The van der Waals surface area contributed by atoms with Gasteiger partial charge in [0.2, 0.25) is 0 Å². The Morgan fingerprint density at radius 2 is 0.912 bits per heavy atom. The number of non-ortho nitro benzene ring substituents is 1. The van der Waals surface area contributed by atoms with Crippen molar-refractivity contribution in [1.82, 2.24) is 0 Å². The van der Waals surface area contributed by atoms with Crippen molar-refractivity contribution in [1.29, 1.82) is 0 Å². The minimum atomic E-state index is -8.73. The minimum absolute atomic E-state index is 0.0837. The molecule has 34 heavy (non-hydrogen) atoms. The van der Waals surface area contributed by atoms with Crippen LogP contribution in [-0.2, 0) is 5.92 Å². The second-order valence-corrected chi connectivity index (χ2v) is 6.33. The maximum Gasteiger partial charge on any atom is 0.460 e. The van der Waals surface area contributed by atoms with E-state index in [1.165, 1.54) is 0 Å². The molecule has 20 heteroatoms. The van der Waals surface area contributed by atoms with Gasteiger partial charge in [0.15, 0.2) is 0 Å². The van der Waals surface area contributed by atoms with Crippen molar-refractivity contribution in [3.05, 3.63) is 39.9 Å². The van der Waals surface area contributed by atoms with Gasteiger partial charge < -0.3 is 0 Å². The molecule has 196 valence electrons. The van der Waals surface area contributed by atoms with E-state index in [0.717, 1.165) is 0 Å². The third-order valence-corrected chi connectivity index (χ3v) is 4.14. The summed E-state index contributed by atoms with van der Waals surface area (Å²) >= 11 is 0. The van der Waals surface area contributed by atoms with Crippen molar-refractivity contribution < 1.29 is 79.6 Å². The van der Waals surface area contributed by atoms with Crippen molar-refractivity contribution in [2.75, 3.05) is 0 Å². The van der Waals surface area contributed by atoms with Crippen LogP contribution in [0.5, 0.6) is 0 Å². The molecular weight excluding hydrogens is 537 g/mol. The van der Waals surface area contributed by atoms with Gasteiger partial charge in [0.25, 0.3) is 5.69 Å². The zero-order valence-electron chi connectivity index (χ0n) is 15.0. The predicted octanol–water partition coefficient (Wildman–Crippen LogP) is 7.06. The fourth-order valence-electron chi connectivity index (χ4n) is 2.16. The molecule has 0 bridgehead atoms. The molecule has 0 N–H and O–H groups in total. The maximum absolute atomic E-state index is 14.0. The van der Waals surface area contributed by atoms with Crippen LogP contribution >= 0.6 is 0 Å². The third kappa shape index (κ3) is 3.68. The van der Waals surface area contributed by atoms with E-state index in [1.807, 2.05) is 0 Å². The number of nitro groups is 1. The molecule has 1 aromatic rings. The lowest BCUT2D eigenvalue weighted by atomic mass is 9.87. The summed E-state index contributed by atoms with van der Waals surface area (Å²) in [5.41, 5.74) is -4.22. The van der Waals surface area contributed by atoms with Gasteiger partial charge in [-0.15, -0.1) is 0 Å². The molecule has 0 heterocycles. The summed E-state index contributed by atoms with van der Waals surface area (Å²) in [4.78, 5) is 8.85. The molecule has 0 amide bonds. The van der Waals surface area contributed by atoms with Crippen LogP contribution in [0, 0.1) is 10.1 Å². The summed E-state index contributed by atoms with van der Waals surface area (Å²) in [5, 5.41) is 10.5. The topological polar surface area (TPSA) is 43.1 Å². The Balaban J connectivity index is 3.75. The smallest absolute Gasteiger partial charge is 0.258 e. The van der Waals surface area contributed by atoms with Crippen LogP contribution in [0.3, 0.4) is 0 Å². The second-order valence-electron chi connectivity index (χ2n) is 6.33. The van der Waals surface area contributed by atoms with Crippen LogP contribution in [0.2, 0.25) is 0 Å². The van der Waals surface area contributed by atoms with Gasteiger partial charge >= 0.3 is 47.6 Å². The first-order valence-corrected chi connectivity index (χ1v) is 7.62. The zero-order valence-corrected chi connectivity index (χ0v) is 15.0. The van der Waals surface area contributed by atoms with Gasteiger partial charge in [0.05, 0.1) is 4.92 Å². The second kappa shape index (κ2) is 7.72. The lowest BCUT2D eigenvalue weighted by Crippen LogP contribution is -2.74. The number of rotatable bonds is 8. The van der Waals surface area contributed by atoms with Crippen LogP contribution in [-0.4, -0.2) is 46.6 Å². The first kappa shape index (κ1) is 29.5. The van der Waals surface area contributed by atoms with Gasteiger partial charge in [-0.3, -0.25) is 10.1 Å². The SMILES string of the molecule is O=[N+]([O-])c1cccc(C(F)(F)C(F)(F)C(F)(F)C(F)(F)C(F)(F)C(F)(F)C(F)(F)C(F)(F)F)c1. The average Bonchev–Trinajstić information content (AvgIpc) is 2.66. The Kier molecular flexibility index (Phi) is 6.69. The van der Waals surface area contributed by atoms with E-state index in [9.17, 15) is 84.8 Å². The van der Waals surface area contributed by atoms with E-state index < -0.39 is 69.9 Å². The molecule has 0 aliphatic heterocycles. The third-order valence-electron chi connectivity index (χ3n) is 4.14. The van der Waals surface area contributed by atoms with Gasteiger partial charge in [-0.1, -0.05) is 12.1 Å². The van der Waals surface area contributed by atoms with Gasteiger partial charge in [-0.25, -0.2) is 0 Å². The quantitative estimate of drug-likeness (QED) is 0.201. The van der Waals surface area contributed by atoms with Crippen molar-refractivity contribution in [2.45, 2.75) is 47.6 Å². The van der Waals surface area contributed by atoms with E-state index >= 15 is 0 Å². The van der Waals surface area contributed by atoms with Gasteiger partial charge in [0.1, 0.15) is 0 Å². The monoisotopic (exact) mass is 541 g/mol. The Morgan fingerprint density at radius 3 is 1.26 bits per heavy atom. The van der Waals surface area contributed by atoms with Crippen LogP contribution < -0.4 is 0 Å². The summed E-state index contributed by atoms with van der Waals surface area (Å²) in [6.07, 6.45) is -7.83. The zero-order chi connectivity index (χ0) is 27.6. The van der Waals surface area contributed by atoms with Crippen molar-refractivity contribution in [2.24, 2.45) is 0 Å². The molecule has 0 aliphatic carbocycles. The number of nitro benzene ring substituents is 1. The van der Waals surface area contributed by atoms with Gasteiger partial charge in [-0.05, 0) is 0 Å². The fraction of sp³-hybridized carbons (Fsp3) is 0.571. The highest BCUT2D eigenvalue weighted by atomic mass is 19.4. The standard InChI is InChI=1S/C14H4F17NO2/c15-7(16,5-2-1-3-6(4-5)32(33)34)8(17,18)9(19,20)10(21,22)11(23,24)12(25,26)13(27,28)14(29,30)31/h1-4H. The summed E-state index contributed by atoms with van der Waals surface area (Å²) < 4.78 is 224. The highest BCUT2D eigenvalue weighted by Gasteiger charge is 2.95. The molecule has 1 aromatic carbocycles. The van der Waals surface area contributed by atoms with Gasteiger partial charge in [0, 0.05) is 17.7 Å². The number of alkyl halides is 17. The molecular formula is C14H4F17NO2. The lowest BCUT2D eigenvalue weighted by Gasteiger charge is -2.42. The van der Waals surface area contributed by atoms with Crippen molar-refractivity contribution in [3.8, 4) is 0 Å². The first-order chi connectivity index (χ1) is 14.7. The van der Waals surface area contributed by atoms with Gasteiger partial charge in [-0.2, -0.15) is 74.6 Å². The molecule has 0 radical (unpaired) electrons. The van der Waals surface area contributed by atoms with E-state index in [2.05, 4.69) is 0 Å². The minimum Gasteiger partial charge on any atom is -0.258 e. The molecule has 0 aliphatic rings. The Morgan fingerprint density at radius 1 is 0.559 bits per heavy atom. The Bertz CT molecular complexity index is 936. The number of hydrogen-bond donors (Lipinski definition) is 0. The summed E-state index contributed by atoms with van der Waals surface area (Å²) in [6, 6.07) is -0.662. The predicted molar refractivity (Wildman–Crippen MR) is 72.7 cm³/mol. The van der Waals surface area contributed by atoms with E-state index in [-0.39, 0.29) is 18.2 Å². The van der Waals surface area contributed by atoms with Crippen LogP contribution in [0.25, 0.3) is 0 Å². The average molecular weight is 541 g/mol. The molecule has 0 fully saturated rings. The highest BCUT2D eigenvalue weighted by molar-refractivity contribution is 5.38. The largest absolute Gasteiger partial charge is 0.460 e. The van der Waals surface area contributed by atoms with Crippen LogP contribution in [0.1, 0.15) is 5.56 Å². The highest BCUT2D eigenvalue weighted by Crippen LogP contribution is 2.65. The van der Waals surface area contributed by atoms with Crippen LogP contribution in [0.4, 0.5) is 80.3 Å². The number of nitrogens with zero attached hydrogens (tertiary/aromatic N) is 1. The lowest BCUT2D eigenvalue weighted by molar-refractivity contribution is -0.462. The molecule has 0 saturated heterocycles. The number of hydrogen-bond acceptors (Lipinski definition) is 2. The number of halogens is 17. The summed E-state index contributed by atoms with van der Waals surface area (Å²) in [6.45, 7) is 0. The molecule has 0 aromatic heterocycles. The molecule has 0 atom stereocenters. The van der Waals surface area contributed by atoms with E-state index in [0.29, 0.717) is 0 Å². The fourth-order valence-corrected chi connectivity index (χ4v) is 2.16. The molecule has 1 rings (SSSR count). The Labute approximate surface area is 174 Å². The van der Waals surface area contributed by atoms with E-state index in [4.69, 9.17) is 0 Å². The van der Waals surface area contributed by atoms with Crippen LogP contribution in [0.15, 0.2) is 24.3 Å². The normalized spacial score (nSPS) is 15.4. The molecule has 0 unspecified atom stereocenters.